The smallest absolute Gasteiger partial charge is 0.225 e. The Morgan fingerprint density at radius 2 is 1.75 bits per heavy atom. The third kappa shape index (κ3) is 2.56. The highest BCUT2D eigenvalue weighted by Gasteiger charge is 2.33. The Balaban J connectivity index is 2.28. The number of anilines is 1. The standard InChI is InChI=1S/C19H21NO4/c1-11-7-5-6-8-12(11)13-9-16(21)20-14-10-15(22-2)18(23-3)19(24-4)17(13)14/h5-8,10,13H,9H2,1-4H3,(H,20,21)/t13-/m0/s1. The first-order valence-electron chi connectivity index (χ1n) is 7.79. The number of carbonyl (C=O) groups excluding carboxylic acids is 1. The first-order valence-corrected chi connectivity index (χ1v) is 7.79. The Morgan fingerprint density at radius 1 is 1.04 bits per heavy atom. The molecule has 5 nitrogen and oxygen atoms in total. The zero-order valence-electron chi connectivity index (χ0n) is 14.3. The molecule has 1 atom stereocenters. The van der Waals surface area contributed by atoms with Crippen LogP contribution in [0.5, 0.6) is 17.2 Å². The van der Waals surface area contributed by atoms with E-state index in [0.29, 0.717) is 29.4 Å². The summed E-state index contributed by atoms with van der Waals surface area (Å²) in [5, 5.41) is 2.93. The second-order valence-corrected chi connectivity index (χ2v) is 5.77. The van der Waals surface area contributed by atoms with Gasteiger partial charge in [0.15, 0.2) is 11.5 Å². The monoisotopic (exact) mass is 327 g/mol. The van der Waals surface area contributed by atoms with E-state index in [-0.39, 0.29) is 11.8 Å². The number of hydrogen-bond acceptors (Lipinski definition) is 4. The fourth-order valence-corrected chi connectivity index (χ4v) is 3.36. The van der Waals surface area contributed by atoms with Crippen molar-refractivity contribution in [2.45, 2.75) is 19.3 Å². The average molecular weight is 327 g/mol. The Kier molecular flexibility index (Phi) is 4.34. The van der Waals surface area contributed by atoms with Gasteiger partial charge < -0.3 is 19.5 Å². The maximum absolute atomic E-state index is 12.3. The van der Waals surface area contributed by atoms with E-state index in [0.717, 1.165) is 16.7 Å². The van der Waals surface area contributed by atoms with Crippen LogP contribution in [-0.4, -0.2) is 27.2 Å². The fourth-order valence-electron chi connectivity index (χ4n) is 3.36. The topological polar surface area (TPSA) is 56.8 Å². The molecule has 0 saturated carbocycles. The van der Waals surface area contributed by atoms with Crippen LogP contribution in [0.4, 0.5) is 5.69 Å². The molecule has 0 radical (unpaired) electrons. The van der Waals surface area contributed by atoms with Gasteiger partial charge in [0.2, 0.25) is 11.7 Å². The van der Waals surface area contributed by atoms with Crippen LogP contribution in [0.15, 0.2) is 30.3 Å². The lowest BCUT2D eigenvalue weighted by Gasteiger charge is -2.30. The first kappa shape index (κ1) is 16.2. The summed E-state index contributed by atoms with van der Waals surface area (Å²) in [5.41, 5.74) is 3.87. The summed E-state index contributed by atoms with van der Waals surface area (Å²) in [6.45, 7) is 2.05. The van der Waals surface area contributed by atoms with Gasteiger partial charge in [0, 0.05) is 24.0 Å². The second-order valence-electron chi connectivity index (χ2n) is 5.77. The molecule has 1 N–H and O–H groups in total. The van der Waals surface area contributed by atoms with Crippen LogP contribution in [0, 0.1) is 6.92 Å². The Labute approximate surface area is 141 Å². The van der Waals surface area contributed by atoms with Crippen molar-refractivity contribution >= 4 is 11.6 Å². The molecular formula is C19H21NO4. The van der Waals surface area contributed by atoms with Gasteiger partial charge in [-0.2, -0.15) is 0 Å². The minimum atomic E-state index is -0.0929. The summed E-state index contributed by atoms with van der Waals surface area (Å²) in [5.74, 6) is 1.54. The summed E-state index contributed by atoms with van der Waals surface area (Å²) < 4.78 is 16.5. The molecule has 0 bridgehead atoms. The van der Waals surface area contributed by atoms with E-state index in [9.17, 15) is 4.79 Å². The van der Waals surface area contributed by atoms with Crippen molar-refractivity contribution < 1.29 is 19.0 Å². The number of nitrogens with one attached hydrogen (secondary N) is 1. The van der Waals surface area contributed by atoms with Crippen molar-refractivity contribution in [3.8, 4) is 17.2 Å². The zero-order chi connectivity index (χ0) is 17.3. The Hall–Kier alpha value is -2.69. The quantitative estimate of drug-likeness (QED) is 0.934. The van der Waals surface area contributed by atoms with Gasteiger partial charge in [-0.3, -0.25) is 4.79 Å². The van der Waals surface area contributed by atoms with Crippen LogP contribution >= 0.6 is 0 Å². The van der Waals surface area contributed by atoms with E-state index >= 15 is 0 Å². The van der Waals surface area contributed by atoms with Crippen molar-refractivity contribution in [3.63, 3.8) is 0 Å². The number of fused-ring (bicyclic) bond motifs is 1. The molecule has 126 valence electrons. The lowest BCUT2D eigenvalue weighted by molar-refractivity contribution is -0.116. The lowest BCUT2D eigenvalue weighted by atomic mass is 9.82. The molecule has 1 amide bonds. The molecule has 0 aliphatic carbocycles. The molecule has 0 spiro atoms. The van der Waals surface area contributed by atoms with E-state index in [2.05, 4.69) is 24.4 Å². The predicted molar refractivity (Wildman–Crippen MR) is 92.4 cm³/mol. The van der Waals surface area contributed by atoms with Gasteiger partial charge in [0.1, 0.15) is 0 Å². The van der Waals surface area contributed by atoms with E-state index in [4.69, 9.17) is 14.2 Å². The number of aryl methyl sites for hydroxylation is 1. The maximum atomic E-state index is 12.3. The highest BCUT2D eigenvalue weighted by molar-refractivity contribution is 5.97. The Morgan fingerprint density at radius 3 is 2.38 bits per heavy atom. The first-order chi connectivity index (χ1) is 11.6. The molecule has 0 fully saturated rings. The molecule has 1 aliphatic rings. The van der Waals surface area contributed by atoms with Crippen LogP contribution in [0.1, 0.15) is 29.0 Å². The van der Waals surface area contributed by atoms with Crippen LogP contribution in [0.25, 0.3) is 0 Å². The molecule has 0 saturated heterocycles. The molecule has 3 rings (SSSR count). The number of benzene rings is 2. The van der Waals surface area contributed by atoms with Crippen molar-refractivity contribution in [2.75, 3.05) is 26.6 Å². The lowest BCUT2D eigenvalue weighted by Crippen LogP contribution is -2.24. The van der Waals surface area contributed by atoms with E-state index in [1.54, 1.807) is 27.4 Å². The third-order valence-electron chi connectivity index (χ3n) is 4.44. The van der Waals surface area contributed by atoms with Crippen molar-refractivity contribution in [1.29, 1.82) is 0 Å². The normalized spacial score (nSPS) is 16.2. The average Bonchev–Trinajstić information content (AvgIpc) is 2.59. The van der Waals surface area contributed by atoms with Crippen molar-refractivity contribution in [2.24, 2.45) is 0 Å². The second kappa shape index (κ2) is 6.43. The Bertz CT molecular complexity index is 785. The van der Waals surface area contributed by atoms with E-state index in [1.807, 2.05) is 12.1 Å². The van der Waals surface area contributed by atoms with Gasteiger partial charge in [0.05, 0.1) is 27.0 Å². The fraction of sp³-hybridized carbons (Fsp3) is 0.316. The van der Waals surface area contributed by atoms with Gasteiger partial charge in [-0.1, -0.05) is 24.3 Å². The van der Waals surface area contributed by atoms with Crippen LogP contribution in [0.2, 0.25) is 0 Å². The molecule has 0 unspecified atom stereocenters. The highest BCUT2D eigenvalue weighted by Crippen LogP contribution is 2.51. The number of ether oxygens (including phenoxy) is 3. The molecule has 2 aromatic rings. The van der Waals surface area contributed by atoms with Crippen molar-refractivity contribution in [1.82, 2.24) is 0 Å². The SMILES string of the molecule is COc1cc2c(c(OC)c1OC)[C@H](c1ccccc1C)CC(=O)N2. The summed E-state index contributed by atoms with van der Waals surface area (Å²) in [6, 6.07) is 9.88. The number of carbonyl (C=O) groups is 1. The molecule has 0 aromatic heterocycles. The van der Waals surface area contributed by atoms with Gasteiger partial charge in [-0.25, -0.2) is 0 Å². The molecule has 5 heteroatoms. The van der Waals surface area contributed by atoms with E-state index in [1.165, 1.54) is 0 Å². The minimum absolute atomic E-state index is 0.0231. The van der Waals surface area contributed by atoms with Gasteiger partial charge in [-0.15, -0.1) is 0 Å². The summed E-state index contributed by atoms with van der Waals surface area (Å²) in [7, 11) is 4.74. The van der Waals surface area contributed by atoms with Crippen molar-refractivity contribution in [3.05, 3.63) is 47.0 Å². The predicted octanol–water partition coefficient (Wildman–Crippen LogP) is 3.49. The molecular weight excluding hydrogens is 306 g/mol. The number of methoxy groups -OCH3 is 3. The molecule has 1 aliphatic heterocycles. The van der Waals surface area contributed by atoms with Gasteiger partial charge in [-0.05, 0) is 18.1 Å². The van der Waals surface area contributed by atoms with E-state index < -0.39 is 0 Å². The number of hydrogen-bond donors (Lipinski definition) is 1. The summed E-state index contributed by atoms with van der Waals surface area (Å²) in [4.78, 5) is 12.3. The van der Waals surface area contributed by atoms with Crippen LogP contribution in [0.3, 0.4) is 0 Å². The van der Waals surface area contributed by atoms with Crippen LogP contribution in [-0.2, 0) is 4.79 Å². The minimum Gasteiger partial charge on any atom is -0.493 e. The summed E-state index contributed by atoms with van der Waals surface area (Å²) >= 11 is 0. The van der Waals surface area contributed by atoms with Gasteiger partial charge >= 0.3 is 0 Å². The molecule has 1 heterocycles. The number of amides is 1. The highest BCUT2D eigenvalue weighted by atomic mass is 16.5. The largest absolute Gasteiger partial charge is 0.493 e. The molecule has 2 aromatic carbocycles. The third-order valence-corrected chi connectivity index (χ3v) is 4.44. The van der Waals surface area contributed by atoms with Crippen LogP contribution < -0.4 is 19.5 Å². The van der Waals surface area contributed by atoms with Gasteiger partial charge in [0.25, 0.3) is 0 Å². The summed E-state index contributed by atoms with van der Waals surface area (Å²) in [6.07, 6.45) is 0.365. The maximum Gasteiger partial charge on any atom is 0.225 e. The molecule has 24 heavy (non-hydrogen) atoms. The number of rotatable bonds is 4. The zero-order valence-corrected chi connectivity index (χ0v) is 14.3.